The van der Waals surface area contributed by atoms with Gasteiger partial charge in [0, 0.05) is 25.4 Å². The van der Waals surface area contributed by atoms with Crippen LogP contribution < -0.4 is 15.4 Å². The second kappa shape index (κ2) is 11.7. The molecule has 150 valence electrons. The van der Waals surface area contributed by atoms with E-state index in [0.717, 1.165) is 11.3 Å². The SMILES string of the molecule is CC(C)C[C@H](NC(=O)CCCOc1ccccc1)C(=O)NCc1cccnc1. The Balaban J connectivity index is 1.76. The van der Waals surface area contributed by atoms with Crippen molar-refractivity contribution in [1.82, 2.24) is 15.6 Å². The van der Waals surface area contributed by atoms with Crippen LogP contribution in [0.25, 0.3) is 0 Å². The maximum atomic E-state index is 12.5. The van der Waals surface area contributed by atoms with E-state index in [1.807, 2.05) is 56.3 Å². The predicted octanol–water partition coefficient (Wildman–Crippen LogP) is 3.09. The minimum atomic E-state index is -0.542. The van der Waals surface area contributed by atoms with Crippen LogP contribution in [0.1, 0.15) is 38.7 Å². The lowest BCUT2D eigenvalue weighted by Crippen LogP contribution is -2.47. The number of carbonyl (C=O) groups is 2. The standard InChI is InChI=1S/C22H29N3O3/c1-17(2)14-20(22(27)24-16-18-8-6-12-23-15-18)25-21(26)11-7-13-28-19-9-4-3-5-10-19/h3-6,8-10,12,15,17,20H,7,11,13-14,16H2,1-2H3,(H,24,27)(H,25,26)/t20-/m0/s1. The summed E-state index contributed by atoms with van der Waals surface area (Å²) in [5, 5.41) is 5.74. The minimum Gasteiger partial charge on any atom is -0.494 e. The second-order valence-corrected chi connectivity index (χ2v) is 7.09. The quantitative estimate of drug-likeness (QED) is 0.585. The summed E-state index contributed by atoms with van der Waals surface area (Å²) in [6, 6.07) is 12.7. The molecule has 1 aromatic carbocycles. The Hall–Kier alpha value is -2.89. The van der Waals surface area contributed by atoms with Crippen molar-refractivity contribution < 1.29 is 14.3 Å². The average Bonchev–Trinajstić information content (AvgIpc) is 2.70. The Bertz CT molecular complexity index is 720. The fourth-order valence-electron chi connectivity index (χ4n) is 2.72. The van der Waals surface area contributed by atoms with Crippen LogP contribution >= 0.6 is 0 Å². The number of para-hydroxylation sites is 1. The number of amides is 2. The van der Waals surface area contributed by atoms with Gasteiger partial charge in [0.05, 0.1) is 6.61 Å². The second-order valence-electron chi connectivity index (χ2n) is 7.09. The van der Waals surface area contributed by atoms with Gasteiger partial charge in [0.2, 0.25) is 11.8 Å². The van der Waals surface area contributed by atoms with E-state index in [-0.39, 0.29) is 17.7 Å². The molecule has 2 rings (SSSR count). The van der Waals surface area contributed by atoms with E-state index < -0.39 is 6.04 Å². The molecular weight excluding hydrogens is 354 g/mol. The van der Waals surface area contributed by atoms with E-state index in [1.165, 1.54) is 0 Å². The van der Waals surface area contributed by atoms with Gasteiger partial charge in [-0.15, -0.1) is 0 Å². The van der Waals surface area contributed by atoms with E-state index in [9.17, 15) is 9.59 Å². The largest absolute Gasteiger partial charge is 0.494 e. The van der Waals surface area contributed by atoms with Gasteiger partial charge in [0.25, 0.3) is 0 Å². The lowest BCUT2D eigenvalue weighted by molar-refractivity contribution is -0.129. The Morgan fingerprint density at radius 3 is 2.57 bits per heavy atom. The van der Waals surface area contributed by atoms with Crippen molar-refractivity contribution >= 4 is 11.8 Å². The third-order valence-corrected chi connectivity index (χ3v) is 4.11. The molecule has 28 heavy (non-hydrogen) atoms. The molecule has 0 spiro atoms. The molecular formula is C22H29N3O3. The highest BCUT2D eigenvalue weighted by Gasteiger charge is 2.21. The topological polar surface area (TPSA) is 80.3 Å². The molecule has 0 bridgehead atoms. The number of nitrogens with one attached hydrogen (secondary N) is 2. The molecule has 2 amide bonds. The summed E-state index contributed by atoms with van der Waals surface area (Å²) in [6.07, 6.45) is 4.90. The van der Waals surface area contributed by atoms with Crippen LogP contribution in [0.4, 0.5) is 0 Å². The normalized spacial score (nSPS) is 11.7. The van der Waals surface area contributed by atoms with Crippen molar-refractivity contribution in [3.8, 4) is 5.75 Å². The van der Waals surface area contributed by atoms with Crippen molar-refractivity contribution in [2.45, 2.75) is 45.7 Å². The first kappa shape index (κ1) is 21.4. The fraction of sp³-hybridized carbons (Fsp3) is 0.409. The van der Waals surface area contributed by atoms with Crippen LogP contribution in [0.2, 0.25) is 0 Å². The monoisotopic (exact) mass is 383 g/mol. The van der Waals surface area contributed by atoms with Crippen LogP contribution in [-0.2, 0) is 16.1 Å². The Kier molecular flexibility index (Phi) is 8.98. The number of ether oxygens (including phenoxy) is 1. The van der Waals surface area contributed by atoms with E-state index in [1.54, 1.807) is 12.4 Å². The first-order valence-corrected chi connectivity index (χ1v) is 9.68. The van der Waals surface area contributed by atoms with E-state index in [0.29, 0.717) is 32.4 Å². The molecule has 6 heteroatoms. The third-order valence-electron chi connectivity index (χ3n) is 4.11. The fourth-order valence-corrected chi connectivity index (χ4v) is 2.72. The number of nitrogens with zero attached hydrogens (tertiary/aromatic N) is 1. The summed E-state index contributed by atoms with van der Waals surface area (Å²) < 4.78 is 5.60. The first-order chi connectivity index (χ1) is 13.5. The van der Waals surface area contributed by atoms with Crippen molar-refractivity contribution in [1.29, 1.82) is 0 Å². The smallest absolute Gasteiger partial charge is 0.242 e. The minimum absolute atomic E-state index is 0.140. The van der Waals surface area contributed by atoms with Gasteiger partial charge in [0.1, 0.15) is 11.8 Å². The van der Waals surface area contributed by atoms with Gasteiger partial charge in [-0.05, 0) is 42.5 Å². The summed E-state index contributed by atoms with van der Waals surface area (Å²) >= 11 is 0. The average molecular weight is 383 g/mol. The zero-order chi connectivity index (χ0) is 20.2. The van der Waals surface area contributed by atoms with Gasteiger partial charge in [-0.2, -0.15) is 0 Å². The molecule has 0 saturated heterocycles. The summed E-state index contributed by atoms with van der Waals surface area (Å²) in [5.74, 6) is 0.761. The molecule has 0 aliphatic rings. The molecule has 0 saturated carbocycles. The van der Waals surface area contributed by atoms with Gasteiger partial charge in [-0.1, -0.05) is 38.1 Å². The molecule has 0 aliphatic heterocycles. The van der Waals surface area contributed by atoms with E-state index in [2.05, 4.69) is 15.6 Å². The highest BCUT2D eigenvalue weighted by Crippen LogP contribution is 2.09. The summed E-state index contributed by atoms with van der Waals surface area (Å²) in [6.45, 7) is 4.91. The summed E-state index contributed by atoms with van der Waals surface area (Å²) in [4.78, 5) is 28.8. The number of aromatic nitrogens is 1. The lowest BCUT2D eigenvalue weighted by atomic mass is 10.0. The lowest BCUT2D eigenvalue weighted by Gasteiger charge is -2.20. The molecule has 0 unspecified atom stereocenters. The number of pyridine rings is 1. The number of hydrogen-bond donors (Lipinski definition) is 2. The van der Waals surface area contributed by atoms with Crippen molar-refractivity contribution in [3.63, 3.8) is 0 Å². The maximum absolute atomic E-state index is 12.5. The molecule has 1 atom stereocenters. The number of benzene rings is 1. The highest BCUT2D eigenvalue weighted by molar-refractivity contribution is 5.87. The van der Waals surface area contributed by atoms with Crippen molar-refractivity contribution in [2.24, 2.45) is 5.92 Å². The number of rotatable bonds is 11. The van der Waals surface area contributed by atoms with Crippen LogP contribution in [0, 0.1) is 5.92 Å². The van der Waals surface area contributed by atoms with Crippen molar-refractivity contribution in [2.75, 3.05) is 6.61 Å². The van der Waals surface area contributed by atoms with Crippen LogP contribution in [0.5, 0.6) is 5.75 Å². The van der Waals surface area contributed by atoms with Crippen LogP contribution in [0.15, 0.2) is 54.9 Å². The number of hydrogen-bond acceptors (Lipinski definition) is 4. The Labute approximate surface area is 166 Å². The molecule has 2 aromatic rings. The number of carbonyl (C=O) groups excluding carboxylic acids is 2. The van der Waals surface area contributed by atoms with Gasteiger partial charge < -0.3 is 15.4 Å². The molecule has 1 aromatic heterocycles. The predicted molar refractivity (Wildman–Crippen MR) is 109 cm³/mol. The van der Waals surface area contributed by atoms with Gasteiger partial charge in [-0.25, -0.2) is 0 Å². The molecule has 0 radical (unpaired) electrons. The third kappa shape index (κ3) is 8.20. The van der Waals surface area contributed by atoms with E-state index >= 15 is 0 Å². The highest BCUT2D eigenvalue weighted by atomic mass is 16.5. The summed E-state index contributed by atoms with van der Waals surface area (Å²) in [5.41, 5.74) is 0.920. The molecule has 2 N–H and O–H groups in total. The van der Waals surface area contributed by atoms with Crippen molar-refractivity contribution in [3.05, 3.63) is 60.4 Å². The van der Waals surface area contributed by atoms with Gasteiger partial charge in [0.15, 0.2) is 0 Å². The van der Waals surface area contributed by atoms with Crippen LogP contribution in [0.3, 0.4) is 0 Å². The zero-order valence-corrected chi connectivity index (χ0v) is 16.6. The molecule has 1 heterocycles. The Morgan fingerprint density at radius 1 is 1.11 bits per heavy atom. The zero-order valence-electron chi connectivity index (χ0n) is 16.6. The molecule has 6 nitrogen and oxygen atoms in total. The molecule has 0 aliphatic carbocycles. The van der Waals surface area contributed by atoms with E-state index in [4.69, 9.17) is 4.74 Å². The van der Waals surface area contributed by atoms with Gasteiger partial charge in [-0.3, -0.25) is 14.6 Å². The Morgan fingerprint density at radius 2 is 1.89 bits per heavy atom. The maximum Gasteiger partial charge on any atom is 0.242 e. The van der Waals surface area contributed by atoms with Crippen LogP contribution in [-0.4, -0.2) is 29.4 Å². The van der Waals surface area contributed by atoms with Gasteiger partial charge >= 0.3 is 0 Å². The summed E-state index contributed by atoms with van der Waals surface area (Å²) in [7, 11) is 0. The molecule has 0 fully saturated rings. The first-order valence-electron chi connectivity index (χ1n) is 9.68.